The lowest BCUT2D eigenvalue weighted by Gasteiger charge is -2.41. The Hall–Kier alpha value is -2.54. The van der Waals surface area contributed by atoms with Gasteiger partial charge in [-0.3, -0.25) is 4.79 Å². The number of piperidine rings is 1. The van der Waals surface area contributed by atoms with Gasteiger partial charge in [-0.1, -0.05) is 12.1 Å². The molecular formula is C23H29N3O. The van der Waals surface area contributed by atoms with Crippen molar-refractivity contribution >= 4 is 12.0 Å². The number of hydrogen-bond donors (Lipinski definition) is 0. The lowest BCUT2D eigenvalue weighted by Crippen LogP contribution is -2.45. The van der Waals surface area contributed by atoms with Crippen LogP contribution in [0.3, 0.4) is 0 Å². The van der Waals surface area contributed by atoms with E-state index in [1.165, 1.54) is 11.3 Å². The summed E-state index contributed by atoms with van der Waals surface area (Å²) in [5.74, 6) is 0. The molecule has 0 amide bonds. The molecule has 1 aliphatic carbocycles. The van der Waals surface area contributed by atoms with Gasteiger partial charge in [0.1, 0.15) is 6.29 Å². The Balaban J connectivity index is 1.77. The van der Waals surface area contributed by atoms with E-state index in [0.717, 1.165) is 74.0 Å². The van der Waals surface area contributed by atoms with Crippen molar-refractivity contribution in [3.05, 3.63) is 52.2 Å². The first kappa shape index (κ1) is 19.2. The molecule has 0 spiro atoms. The highest BCUT2D eigenvalue weighted by molar-refractivity contribution is 5.80. The minimum absolute atomic E-state index is 0.464. The molecule has 1 aromatic rings. The maximum Gasteiger partial charge on any atom is 0.150 e. The van der Waals surface area contributed by atoms with Crippen LogP contribution in [0, 0.1) is 25.2 Å². The SMILES string of the molecule is CCN(c1cc(C=O)c(C)cc1C)C1CCN(C2=C(C#N)CCC=C2)CC1. The summed E-state index contributed by atoms with van der Waals surface area (Å²) in [6.45, 7) is 9.18. The first-order valence-electron chi connectivity index (χ1n) is 9.96. The van der Waals surface area contributed by atoms with Gasteiger partial charge >= 0.3 is 0 Å². The molecule has 2 aliphatic rings. The number of anilines is 1. The second kappa shape index (κ2) is 8.43. The van der Waals surface area contributed by atoms with Crippen molar-refractivity contribution in [2.75, 3.05) is 24.5 Å². The van der Waals surface area contributed by atoms with E-state index >= 15 is 0 Å². The Morgan fingerprint density at radius 3 is 2.63 bits per heavy atom. The zero-order valence-electron chi connectivity index (χ0n) is 16.7. The molecule has 1 heterocycles. The molecule has 142 valence electrons. The number of rotatable bonds is 5. The molecule has 0 atom stereocenters. The summed E-state index contributed by atoms with van der Waals surface area (Å²) < 4.78 is 0. The summed E-state index contributed by atoms with van der Waals surface area (Å²) in [5, 5.41) is 9.42. The Kier molecular flexibility index (Phi) is 6.01. The fourth-order valence-electron chi connectivity index (χ4n) is 4.40. The highest BCUT2D eigenvalue weighted by Crippen LogP contribution is 2.31. The molecule has 0 bridgehead atoms. The summed E-state index contributed by atoms with van der Waals surface area (Å²) >= 11 is 0. The largest absolute Gasteiger partial charge is 0.371 e. The maximum absolute atomic E-state index is 11.4. The monoisotopic (exact) mass is 363 g/mol. The Bertz CT molecular complexity index is 808. The van der Waals surface area contributed by atoms with Crippen LogP contribution in [-0.2, 0) is 0 Å². The molecule has 3 rings (SSSR count). The van der Waals surface area contributed by atoms with Crippen LogP contribution in [0.25, 0.3) is 0 Å². The van der Waals surface area contributed by atoms with Crippen LogP contribution in [-0.4, -0.2) is 36.9 Å². The number of allylic oxidation sites excluding steroid dienone is 3. The molecular weight excluding hydrogens is 334 g/mol. The van der Waals surface area contributed by atoms with Crippen molar-refractivity contribution in [3.63, 3.8) is 0 Å². The van der Waals surface area contributed by atoms with Crippen molar-refractivity contribution in [2.45, 2.75) is 52.5 Å². The van der Waals surface area contributed by atoms with Crippen molar-refractivity contribution < 1.29 is 4.79 Å². The van der Waals surface area contributed by atoms with Gasteiger partial charge in [-0.25, -0.2) is 0 Å². The summed E-state index contributed by atoms with van der Waals surface area (Å²) in [5.41, 5.74) is 6.28. The van der Waals surface area contributed by atoms with Crippen LogP contribution < -0.4 is 4.90 Å². The summed E-state index contributed by atoms with van der Waals surface area (Å²) in [4.78, 5) is 16.2. The number of carbonyl (C=O) groups excluding carboxylic acids is 1. The molecule has 1 aromatic carbocycles. The molecule has 1 saturated heterocycles. The zero-order chi connectivity index (χ0) is 19.4. The van der Waals surface area contributed by atoms with Gasteiger partial charge in [0.2, 0.25) is 0 Å². The standard InChI is InChI=1S/C23H29N3O/c1-4-26(23-14-20(16-27)17(2)13-18(23)3)21-9-11-25(12-10-21)22-8-6-5-7-19(22)15-24/h6,8,13-14,16,21H,4-5,7,9-12H2,1-3H3. The van der Waals surface area contributed by atoms with E-state index in [2.05, 4.69) is 47.9 Å². The third-order valence-electron chi connectivity index (χ3n) is 5.89. The lowest BCUT2D eigenvalue weighted by molar-refractivity contribution is 0.112. The normalized spacial score (nSPS) is 17.8. The molecule has 0 radical (unpaired) electrons. The average molecular weight is 364 g/mol. The predicted octanol–water partition coefficient (Wildman–Crippen LogP) is 4.53. The lowest BCUT2D eigenvalue weighted by atomic mass is 9.96. The van der Waals surface area contributed by atoms with Gasteiger partial charge in [0, 0.05) is 36.9 Å². The number of aryl methyl sites for hydroxylation is 2. The number of nitriles is 1. The third kappa shape index (κ3) is 3.93. The highest BCUT2D eigenvalue weighted by atomic mass is 16.1. The minimum Gasteiger partial charge on any atom is -0.371 e. The number of nitrogens with zero attached hydrogens (tertiary/aromatic N) is 3. The molecule has 0 N–H and O–H groups in total. The molecule has 0 aromatic heterocycles. The van der Waals surface area contributed by atoms with Crippen LogP contribution in [0.4, 0.5) is 5.69 Å². The number of carbonyl (C=O) groups is 1. The van der Waals surface area contributed by atoms with Gasteiger partial charge in [-0.05, 0) is 69.7 Å². The van der Waals surface area contributed by atoms with E-state index in [1.807, 2.05) is 13.0 Å². The van der Waals surface area contributed by atoms with E-state index in [9.17, 15) is 10.1 Å². The van der Waals surface area contributed by atoms with E-state index < -0.39 is 0 Å². The second-order valence-corrected chi connectivity index (χ2v) is 7.53. The first-order chi connectivity index (χ1) is 13.1. The highest BCUT2D eigenvalue weighted by Gasteiger charge is 2.27. The van der Waals surface area contributed by atoms with Crippen LogP contribution in [0.15, 0.2) is 35.6 Å². The molecule has 1 fully saturated rings. The van der Waals surface area contributed by atoms with E-state index in [-0.39, 0.29) is 0 Å². The van der Waals surface area contributed by atoms with E-state index in [0.29, 0.717) is 6.04 Å². The number of likely N-dealkylation sites (tertiary alicyclic amines) is 1. The summed E-state index contributed by atoms with van der Waals surface area (Å²) in [6, 6.07) is 7.02. The molecule has 4 nitrogen and oxygen atoms in total. The van der Waals surface area contributed by atoms with Crippen LogP contribution >= 0.6 is 0 Å². The number of aldehydes is 1. The predicted molar refractivity (Wildman–Crippen MR) is 110 cm³/mol. The Morgan fingerprint density at radius 2 is 2.00 bits per heavy atom. The van der Waals surface area contributed by atoms with Gasteiger partial charge < -0.3 is 9.80 Å². The Morgan fingerprint density at radius 1 is 1.26 bits per heavy atom. The third-order valence-corrected chi connectivity index (χ3v) is 5.89. The van der Waals surface area contributed by atoms with Crippen molar-refractivity contribution in [1.29, 1.82) is 5.26 Å². The molecule has 27 heavy (non-hydrogen) atoms. The van der Waals surface area contributed by atoms with Gasteiger partial charge in [-0.2, -0.15) is 5.26 Å². The maximum atomic E-state index is 11.4. The van der Waals surface area contributed by atoms with Gasteiger partial charge in [0.25, 0.3) is 0 Å². The number of benzene rings is 1. The van der Waals surface area contributed by atoms with Gasteiger partial charge in [-0.15, -0.1) is 0 Å². The topological polar surface area (TPSA) is 47.3 Å². The van der Waals surface area contributed by atoms with Gasteiger partial charge in [0.05, 0.1) is 17.3 Å². The summed E-state index contributed by atoms with van der Waals surface area (Å²) in [7, 11) is 0. The smallest absolute Gasteiger partial charge is 0.150 e. The molecule has 4 heteroatoms. The molecule has 1 aliphatic heterocycles. The van der Waals surface area contributed by atoms with Crippen molar-refractivity contribution in [1.82, 2.24) is 4.90 Å². The quantitative estimate of drug-likeness (QED) is 0.721. The van der Waals surface area contributed by atoms with E-state index in [4.69, 9.17) is 0 Å². The zero-order valence-corrected chi connectivity index (χ0v) is 16.7. The fourth-order valence-corrected chi connectivity index (χ4v) is 4.40. The molecule has 0 unspecified atom stereocenters. The minimum atomic E-state index is 0.464. The van der Waals surface area contributed by atoms with Crippen molar-refractivity contribution in [3.8, 4) is 6.07 Å². The molecule has 0 saturated carbocycles. The van der Waals surface area contributed by atoms with E-state index in [1.54, 1.807) is 0 Å². The second-order valence-electron chi connectivity index (χ2n) is 7.53. The van der Waals surface area contributed by atoms with Gasteiger partial charge in [0.15, 0.2) is 0 Å². The fraction of sp³-hybridized carbons (Fsp3) is 0.478. The van der Waals surface area contributed by atoms with Crippen LogP contribution in [0.2, 0.25) is 0 Å². The summed E-state index contributed by atoms with van der Waals surface area (Å²) in [6.07, 6.45) is 9.22. The average Bonchev–Trinajstić information content (AvgIpc) is 2.70. The van der Waals surface area contributed by atoms with Crippen LogP contribution in [0.1, 0.15) is 54.1 Å². The Labute approximate surface area is 162 Å². The first-order valence-corrected chi connectivity index (χ1v) is 9.96. The van der Waals surface area contributed by atoms with Crippen LogP contribution in [0.5, 0.6) is 0 Å². The van der Waals surface area contributed by atoms with Crippen molar-refractivity contribution in [2.24, 2.45) is 0 Å². The number of hydrogen-bond acceptors (Lipinski definition) is 4.